The summed E-state index contributed by atoms with van der Waals surface area (Å²) in [5.74, 6) is 1.90. The first-order valence-electron chi connectivity index (χ1n) is 18.8. The Balaban J connectivity index is 1.17. The predicted octanol–water partition coefficient (Wildman–Crippen LogP) is 13.7. The monoisotopic (exact) mass is 732 g/mol. The van der Waals surface area contributed by atoms with Crippen molar-refractivity contribution in [2.75, 3.05) is 0 Å². The molecule has 11 rings (SSSR count). The Labute approximate surface area is 327 Å². The van der Waals surface area contributed by atoms with Crippen LogP contribution in [-0.2, 0) is 0 Å². The average Bonchev–Trinajstić information content (AvgIpc) is 3.83. The minimum atomic E-state index is 0.620. The molecule has 0 bridgehead atoms. The molecule has 56 heavy (non-hydrogen) atoms. The molecule has 262 valence electrons. The lowest BCUT2D eigenvalue weighted by Crippen LogP contribution is -2.02. The molecule has 0 aliphatic heterocycles. The minimum absolute atomic E-state index is 0.620. The first-order chi connectivity index (χ1) is 27.8. The van der Waals surface area contributed by atoms with Gasteiger partial charge in [0.1, 0.15) is 0 Å². The molecular weight excluding hydrogens is 701 g/mol. The summed E-state index contributed by atoms with van der Waals surface area (Å²) in [6.45, 7) is 0. The molecule has 11 aromatic rings. The van der Waals surface area contributed by atoms with Gasteiger partial charge in [-0.3, -0.25) is 0 Å². The zero-order valence-corrected chi connectivity index (χ0v) is 31.0. The van der Waals surface area contributed by atoms with Crippen molar-refractivity contribution in [3.05, 3.63) is 194 Å². The number of thiophene rings is 1. The van der Waals surface area contributed by atoms with Gasteiger partial charge >= 0.3 is 0 Å². The molecule has 0 aliphatic rings. The first-order valence-corrected chi connectivity index (χ1v) is 19.6. The van der Waals surface area contributed by atoms with Crippen LogP contribution in [0.4, 0.5) is 0 Å². The van der Waals surface area contributed by atoms with Gasteiger partial charge in [-0.1, -0.05) is 158 Å². The van der Waals surface area contributed by atoms with Crippen LogP contribution < -0.4 is 0 Å². The Hall–Kier alpha value is -7.21. The fraction of sp³-hybridized carbons (Fsp3) is 0. The van der Waals surface area contributed by atoms with Gasteiger partial charge in [-0.25, -0.2) is 15.0 Å². The highest BCUT2D eigenvalue weighted by Gasteiger charge is 2.20. The largest absolute Gasteiger partial charge is 0.309 e. The molecule has 0 spiro atoms. The van der Waals surface area contributed by atoms with Gasteiger partial charge < -0.3 is 4.57 Å². The van der Waals surface area contributed by atoms with E-state index in [1.54, 1.807) is 11.3 Å². The maximum Gasteiger partial charge on any atom is 0.165 e. The summed E-state index contributed by atoms with van der Waals surface area (Å²) in [7, 11) is 0. The summed E-state index contributed by atoms with van der Waals surface area (Å²) in [6, 6.07) is 68.6. The first kappa shape index (κ1) is 32.2. The predicted molar refractivity (Wildman–Crippen MR) is 234 cm³/mol. The molecule has 0 saturated carbocycles. The lowest BCUT2D eigenvalue weighted by molar-refractivity contribution is 1.07. The number of fused-ring (bicyclic) bond motifs is 6. The van der Waals surface area contributed by atoms with E-state index in [0.29, 0.717) is 17.5 Å². The second kappa shape index (κ2) is 13.3. The third-order valence-corrected chi connectivity index (χ3v) is 11.9. The third kappa shape index (κ3) is 5.40. The summed E-state index contributed by atoms with van der Waals surface area (Å²) in [6.07, 6.45) is 0. The van der Waals surface area contributed by atoms with Gasteiger partial charge in [0.15, 0.2) is 17.5 Å². The van der Waals surface area contributed by atoms with Crippen LogP contribution >= 0.6 is 11.3 Å². The van der Waals surface area contributed by atoms with Crippen molar-refractivity contribution in [3.63, 3.8) is 0 Å². The summed E-state index contributed by atoms with van der Waals surface area (Å²) in [4.78, 5) is 15.9. The fourth-order valence-corrected chi connectivity index (χ4v) is 9.26. The quantitative estimate of drug-likeness (QED) is 0.171. The van der Waals surface area contributed by atoms with Crippen LogP contribution in [0.1, 0.15) is 0 Å². The van der Waals surface area contributed by atoms with Crippen molar-refractivity contribution in [3.8, 4) is 62.1 Å². The van der Waals surface area contributed by atoms with Gasteiger partial charge in [-0.05, 0) is 53.1 Å². The van der Waals surface area contributed by atoms with E-state index in [-0.39, 0.29) is 0 Å². The van der Waals surface area contributed by atoms with Crippen LogP contribution in [-0.4, -0.2) is 19.5 Å². The molecule has 0 amide bonds. The fourth-order valence-electron chi connectivity index (χ4n) is 8.05. The van der Waals surface area contributed by atoms with E-state index in [4.69, 9.17) is 15.0 Å². The molecule has 0 saturated heterocycles. The Bertz CT molecular complexity index is 3200. The highest BCUT2D eigenvalue weighted by Crippen LogP contribution is 2.41. The Morgan fingerprint density at radius 1 is 0.339 bits per heavy atom. The number of rotatable bonds is 6. The summed E-state index contributed by atoms with van der Waals surface area (Å²) < 4.78 is 4.80. The van der Waals surface area contributed by atoms with E-state index in [1.807, 2.05) is 6.07 Å². The van der Waals surface area contributed by atoms with Gasteiger partial charge in [0.25, 0.3) is 0 Å². The molecule has 4 nitrogen and oxygen atoms in total. The zero-order chi connectivity index (χ0) is 37.0. The molecule has 0 fully saturated rings. The van der Waals surface area contributed by atoms with Crippen molar-refractivity contribution in [1.29, 1.82) is 0 Å². The van der Waals surface area contributed by atoms with Crippen molar-refractivity contribution in [2.24, 2.45) is 0 Å². The van der Waals surface area contributed by atoms with E-state index < -0.39 is 0 Å². The smallest absolute Gasteiger partial charge is 0.165 e. The lowest BCUT2D eigenvalue weighted by Gasteiger charge is -2.16. The van der Waals surface area contributed by atoms with Crippen LogP contribution in [0.3, 0.4) is 0 Å². The van der Waals surface area contributed by atoms with Crippen molar-refractivity contribution in [2.45, 2.75) is 0 Å². The number of hydrogen-bond donors (Lipinski definition) is 0. The SMILES string of the molecule is c1ccc(-c2cccc(-c3nc(-c4ccc(-c5ccccc5)c(-n5c6ccccc6c6ccccc65)c4)nc(-c4cccc5c4sc4ccccc45)n3)c2)cc1. The summed E-state index contributed by atoms with van der Waals surface area (Å²) in [5.41, 5.74) is 10.7. The van der Waals surface area contributed by atoms with Crippen LogP contribution in [0.5, 0.6) is 0 Å². The van der Waals surface area contributed by atoms with Crippen molar-refractivity contribution >= 4 is 53.3 Å². The molecule has 3 heterocycles. The molecule has 8 aromatic carbocycles. The molecule has 0 unspecified atom stereocenters. The highest BCUT2D eigenvalue weighted by atomic mass is 32.1. The van der Waals surface area contributed by atoms with Crippen LogP contribution in [0.2, 0.25) is 0 Å². The topological polar surface area (TPSA) is 43.6 Å². The van der Waals surface area contributed by atoms with E-state index in [9.17, 15) is 0 Å². The molecule has 3 aromatic heterocycles. The maximum atomic E-state index is 5.32. The standard InChI is InChI=1S/C51H32N4S/c1-3-15-33(16-4-1)35-19-13-20-36(31-35)49-52-50(54-51(53-49)43-25-14-24-42-41-23-9-12-28-47(41)56-48(42)43)37-29-30-38(34-17-5-2-6-18-34)46(32-37)55-44-26-10-7-21-39(44)40-22-8-11-27-45(40)55/h1-32H. The Morgan fingerprint density at radius 3 is 1.61 bits per heavy atom. The number of para-hydroxylation sites is 2. The second-order valence-electron chi connectivity index (χ2n) is 14.0. The number of hydrogen-bond acceptors (Lipinski definition) is 4. The van der Waals surface area contributed by atoms with Gasteiger partial charge in [-0.2, -0.15) is 0 Å². The number of nitrogens with zero attached hydrogens (tertiary/aromatic N) is 4. The lowest BCUT2D eigenvalue weighted by atomic mass is 10.0. The minimum Gasteiger partial charge on any atom is -0.309 e. The Kier molecular flexibility index (Phi) is 7.64. The van der Waals surface area contributed by atoms with Crippen LogP contribution in [0.15, 0.2) is 194 Å². The molecule has 0 radical (unpaired) electrons. The summed E-state index contributed by atoms with van der Waals surface area (Å²) in [5, 5.41) is 4.88. The molecule has 5 heteroatoms. The van der Waals surface area contributed by atoms with E-state index in [0.717, 1.165) is 55.7 Å². The third-order valence-electron chi connectivity index (χ3n) is 10.7. The number of aromatic nitrogens is 4. The van der Waals surface area contributed by atoms with Crippen molar-refractivity contribution in [1.82, 2.24) is 19.5 Å². The van der Waals surface area contributed by atoms with E-state index in [2.05, 4.69) is 193 Å². The van der Waals surface area contributed by atoms with E-state index in [1.165, 1.54) is 30.9 Å². The van der Waals surface area contributed by atoms with Crippen LogP contribution in [0.25, 0.3) is 104 Å². The van der Waals surface area contributed by atoms with Crippen molar-refractivity contribution < 1.29 is 0 Å². The number of benzene rings is 8. The van der Waals surface area contributed by atoms with Crippen LogP contribution in [0, 0.1) is 0 Å². The highest BCUT2D eigenvalue weighted by molar-refractivity contribution is 7.26. The molecule has 0 atom stereocenters. The van der Waals surface area contributed by atoms with Gasteiger partial charge in [-0.15, -0.1) is 11.3 Å². The molecule has 0 aliphatic carbocycles. The van der Waals surface area contributed by atoms with Gasteiger partial charge in [0, 0.05) is 53.2 Å². The zero-order valence-electron chi connectivity index (χ0n) is 30.2. The second-order valence-corrected chi connectivity index (χ2v) is 15.1. The van der Waals surface area contributed by atoms with Gasteiger partial charge in [0.2, 0.25) is 0 Å². The molecule has 0 N–H and O–H groups in total. The summed E-state index contributed by atoms with van der Waals surface area (Å²) >= 11 is 1.78. The normalized spacial score (nSPS) is 11.6. The average molecular weight is 733 g/mol. The maximum absolute atomic E-state index is 5.32. The Morgan fingerprint density at radius 2 is 0.875 bits per heavy atom. The van der Waals surface area contributed by atoms with E-state index >= 15 is 0 Å². The molecular formula is C51H32N4S. The van der Waals surface area contributed by atoms with Gasteiger partial charge in [0.05, 0.1) is 16.7 Å².